The van der Waals surface area contributed by atoms with E-state index in [0.29, 0.717) is 0 Å². The van der Waals surface area contributed by atoms with E-state index < -0.39 is 15.2 Å². The zero-order chi connectivity index (χ0) is 23.2. The average molecular weight is 495 g/mol. The maximum absolute atomic E-state index is 2.91. The summed E-state index contributed by atoms with van der Waals surface area (Å²) < 4.78 is 0. The third-order valence-electron chi connectivity index (χ3n) is 12.4. The molecule has 1 aromatic rings. The summed E-state index contributed by atoms with van der Waals surface area (Å²) in [5.74, 6) is 6.03. The van der Waals surface area contributed by atoms with Gasteiger partial charge in [0.1, 0.15) is 0 Å². The largest absolute Gasteiger partial charge is 1.00 e. The Balaban J connectivity index is 0.00000171. The van der Waals surface area contributed by atoms with Crippen molar-refractivity contribution in [2.45, 2.75) is 127 Å². The van der Waals surface area contributed by atoms with Crippen molar-refractivity contribution in [1.29, 1.82) is 0 Å². The second kappa shape index (κ2) is 12.4. The minimum atomic E-state index is -1.27. The molecule has 0 spiro atoms. The van der Waals surface area contributed by atoms with Gasteiger partial charge in [0.05, 0.1) is 0 Å². The molecule has 0 saturated heterocycles. The van der Waals surface area contributed by atoms with E-state index in [2.05, 4.69) is 63.4 Å². The zero-order valence-corrected chi connectivity index (χ0v) is 26.5. The molecular formula is C31H52Li2Si2+2. The number of rotatable bonds is 7. The van der Waals surface area contributed by atoms with Gasteiger partial charge in [-0.05, 0) is 71.4 Å². The first-order valence-corrected chi connectivity index (χ1v) is 22.0. The van der Waals surface area contributed by atoms with Gasteiger partial charge in [-0.2, -0.15) is 0 Å². The third-order valence-corrected chi connectivity index (χ3v) is 33.2. The summed E-state index contributed by atoms with van der Waals surface area (Å²) in [6, 6.07) is 11.9. The Morgan fingerprint density at radius 1 is 0.743 bits per heavy atom. The number of benzene rings is 1. The molecular weight excluding hydrogens is 442 g/mol. The monoisotopic (exact) mass is 494 g/mol. The van der Waals surface area contributed by atoms with Gasteiger partial charge >= 0.3 is 37.7 Å². The summed E-state index contributed by atoms with van der Waals surface area (Å²) in [6.07, 6.45) is 18.4. The Bertz CT molecular complexity index is 794. The topological polar surface area (TPSA) is 0 Å². The van der Waals surface area contributed by atoms with Crippen molar-refractivity contribution < 1.29 is 37.7 Å². The average Bonchev–Trinajstić information content (AvgIpc) is 3.55. The molecule has 4 saturated carbocycles. The van der Waals surface area contributed by atoms with Crippen LogP contribution in [-0.4, -0.2) is 15.2 Å². The molecule has 4 fully saturated rings. The predicted octanol–water partition coefficient (Wildman–Crippen LogP) is 3.85. The summed E-state index contributed by atoms with van der Waals surface area (Å²) >= 11 is 0. The van der Waals surface area contributed by atoms with Crippen molar-refractivity contribution in [3.8, 4) is 0 Å². The van der Waals surface area contributed by atoms with E-state index in [4.69, 9.17) is 0 Å². The number of unbranched alkanes of at least 4 members (excludes halogenated alkanes) is 1. The number of hydrogen-bond donors (Lipinski definition) is 0. The van der Waals surface area contributed by atoms with Crippen molar-refractivity contribution in [2.24, 2.45) is 29.6 Å². The Hall–Kier alpha value is 0.849. The first-order valence-electron chi connectivity index (χ1n) is 14.9. The fourth-order valence-corrected chi connectivity index (χ4v) is 24.0. The van der Waals surface area contributed by atoms with Crippen LogP contribution in [0.5, 0.6) is 0 Å². The second-order valence-corrected chi connectivity index (χ2v) is 30.2. The predicted molar refractivity (Wildman–Crippen MR) is 150 cm³/mol. The van der Waals surface area contributed by atoms with Crippen molar-refractivity contribution >= 4 is 15.2 Å². The van der Waals surface area contributed by atoms with Crippen LogP contribution in [0.3, 0.4) is 0 Å². The van der Waals surface area contributed by atoms with Crippen LogP contribution in [0.1, 0.15) is 95.5 Å². The molecule has 0 radical (unpaired) electrons. The summed E-state index contributed by atoms with van der Waals surface area (Å²) in [6.45, 7) is 14.0. The standard InChI is InChI=1S/C31H52Si2.2Li/c1-6-7-12-23-17-18-26(21-23)32(2,3)33(4,5)30-20-19-28-29(30)22-25-15-11-16-27(25)31(28)24-13-9-8-10-14-24;;/h8-10,13-14,23,25-31H,6-7,11-12,15-22H2,1-5H3;;/q;2*+1. The zero-order valence-electron chi connectivity index (χ0n) is 24.5. The van der Waals surface area contributed by atoms with Gasteiger partial charge < -0.3 is 0 Å². The van der Waals surface area contributed by atoms with E-state index in [1.54, 1.807) is 44.1 Å². The Kier molecular flexibility index (Phi) is 10.7. The molecule has 0 N–H and O–H groups in total. The van der Waals surface area contributed by atoms with Crippen molar-refractivity contribution in [3.63, 3.8) is 0 Å². The summed E-state index contributed by atoms with van der Waals surface area (Å²) in [4.78, 5) is 0. The summed E-state index contributed by atoms with van der Waals surface area (Å²) in [5.41, 5.74) is 3.95. The fourth-order valence-electron chi connectivity index (χ4n) is 9.94. The van der Waals surface area contributed by atoms with E-state index in [9.17, 15) is 0 Å². The number of hydrogen-bond acceptors (Lipinski definition) is 0. The third kappa shape index (κ3) is 5.61. The fraction of sp³-hybridized carbons (Fsp3) is 0.806. The Labute approximate surface area is 244 Å². The van der Waals surface area contributed by atoms with E-state index in [1.807, 2.05) is 0 Å². The molecule has 4 heteroatoms. The molecule has 0 bridgehead atoms. The molecule has 184 valence electrons. The van der Waals surface area contributed by atoms with Gasteiger partial charge in [0.2, 0.25) is 0 Å². The molecule has 5 rings (SSSR count). The minimum absolute atomic E-state index is 0. The van der Waals surface area contributed by atoms with Gasteiger partial charge in [0, 0.05) is 15.2 Å². The molecule has 4 aliphatic rings. The molecule has 4 aliphatic carbocycles. The number of fused-ring (bicyclic) bond motifs is 2. The molecule has 0 aromatic heterocycles. The first-order chi connectivity index (χ1) is 15.8. The molecule has 35 heavy (non-hydrogen) atoms. The van der Waals surface area contributed by atoms with Crippen LogP contribution in [-0.2, 0) is 0 Å². The van der Waals surface area contributed by atoms with E-state index in [-0.39, 0.29) is 37.7 Å². The quantitative estimate of drug-likeness (QED) is 0.505. The Morgan fingerprint density at radius 2 is 1.49 bits per heavy atom. The van der Waals surface area contributed by atoms with Gasteiger partial charge in [0.25, 0.3) is 0 Å². The van der Waals surface area contributed by atoms with Crippen LogP contribution in [0.2, 0.25) is 37.3 Å². The first kappa shape index (κ1) is 30.4. The molecule has 0 amide bonds. The van der Waals surface area contributed by atoms with Crippen molar-refractivity contribution in [1.82, 2.24) is 0 Å². The van der Waals surface area contributed by atoms with E-state index in [0.717, 1.165) is 46.6 Å². The van der Waals surface area contributed by atoms with Crippen LogP contribution in [0.4, 0.5) is 0 Å². The smallest absolute Gasteiger partial charge is 0.0711 e. The summed E-state index contributed by atoms with van der Waals surface area (Å²) in [7, 11) is -2.48. The Morgan fingerprint density at radius 3 is 2.20 bits per heavy atom. The maximum atomic E-state index is 2.91. The molecule has 8 atom stereocenters. The molecule has 0 nitrogen and oxygen atoms in total. The normalized spacial score (nSPS) is 36.7. The molecule has 0 heterocycles. The van der Waals surface area contributed by atoms with Gasteiger partial charge in [-0.15, -0.1) is 0 Å². The van der Waals surface area contributed by atoms with Crippen LogP contribution in [0, 0.1) is 29.6 Å². The summed E-state index contributed by atoms with van der Waals surface area (Å²) in [5, 5.41) is 0. The van der Waals surface area contributed by atoms with E-state index >= 15 is 0 Å². The molecule has 8 unspecified atom stereocenters. The molecule has 0 aliphatic heterocycles. The van der Waals surface area contributed by atoms with Crippen molar-refractivity contribution in [2.75, 3.05) is 0 Å². The van der Waals surface area contributed by atoms with Crippen LogP contribution < -0.4 is 37.7 Å². The van der Waals surface area contributed by atoms with Crippen molar-refractivity contribution in [3.05, 3.63) is 35.9 Å². The SMILES string of the molecule is CCCCC1CCC([Si](C)(C)[Si](C)(C)C2CCC3C2CC2CCCC2C3c2ccccc2)C1.[Li+].[Li+]. The second-order valence-electron chi connectivity index (χ2n) is 14.0. The van der Waals surface area contributed by atoms with Gasteiger partial charge in [0.15, 0.2) is 0 Å². The van der Waals surface area contributed by atoms with Crippen LogP contribution in [0.25, 0.3) is 0 Å². The van der Waals surface area contributed by atoms with E-state index in [1.165, 1.54) is 38.5 Å². The van der Waals surface area contributed by atoms with Crippen LogP contribution >= 0.6 is 0 Å². The van der Waals surface area contributed by atoms with Gasteiger partial charge in [-0.25, -0.2) is 0 Å². The van der Waals surface area contributed by atoms with Gasteiger partial charge in [-0.1, -0.05) is 121 Å². The molecule has 1 aromatic carbocycles. The maximum Gasteiger partial charge on any atom is 1.00 e. The van der Waals surface area contributed by atoms with Gasteiger partial charge in [-0.3, -0.25) is 0 Å². The van der Waals surface area contributed by atoms with Crippen LogP contribution in [0.15, 0.2) is 30.3 Å². The minimum Gasteiger partial charge on any atom is -0.0711 e.